The summed E-state index contributed by atoms with van der Waals surface area (Å²) in [6.45, 7) is 4.68. The van der Waals surface area contributed by atoms with Gasteiger partial charge < -0.3 is 5.11 Å². The van der Waals surface area contributed by atoms with Gasteiger partial charge in [0.05, 0.1) is 0 Å². The molecule has 0 aromatic heterocycles. The Kier molecular flexibility index (Phi) is 8.32. The fourth-order valence-corrected chi connectivity index (χ4v) is 0. The van der Waals surface area contributed by atoms with Gasteiger partial charge in [0.2, 0.25) is 0 Å². The fourth-order valence-electron chi connectivity index (χ4n) is 0. The molecule has 0 amide bonds. The molecule has 63 valence electrons. The van der Waals surface area contributed by atoms with E-state index in [1.54, 1.807) is 13.8 Å². The minimum atomic E-state index is -0.833. The Morgan fingerprint density at radius 3 is 1.50 bits per heavy atom. The molecular formula is C6H11NiO3. The molecule has 0 atom stereocenters. The number of rotatable bonds is 1. The first-order valence-corrected chi connectivity index (χ1v) is 3.23. The van der Waals surface area contributed by atoms with Gasteiger partial charge in [-0.1, -0.05) is 0 Å². The summed E-state index contributed by atoms with van der Waals surface area (Å²) >= 11 is 4.00. The van der Waals surface area contributed by atoms with Crippen LogP contribution in [0.25, 0.3) is 0 Å². The predicted octanol–water partition coefficient (Wildman–Crippen LogP) is 0.807. The van der Waals surface area contributed by atoms with E-state index in [9.17, 15) is 4.79 Å². The van der Waals surface area contributed by atoms with Crippen LogP contribution in [0, 0.1) is 5.92 Å². The van der Waals surface area contributed by atoms with Gasteiger partial charge in [-0.25, -0.2) is 0 Å². The molecular weight excluding hydrogens is 179 g/mol. The van der Waals surface area contributed by atoms with Crippen LogP contribution in [0.5, 0.6) is 0 Å². The van der Waals surface area contributed by atoms with Crippen molar-refractivity contribution in [3.8, 4) is 0 Å². The number of carboxylic acids is 1. The average molecular weight is 190 g/mol. The zero-order valence-corrected chi connectivity index (χ0v) is 7.14. The molecule has 0 unspecified atom stereocenters. The van der Waals surface area contributed by atoms with Gasteiger partial charge in [-0.2, -0.15) is 0 Å². The van der Waals surface area contributed by atoms with Gasteiger partial charge in [0.25, 0.3) is 5.97 Å². The molecule has 0 rings (SSSR count). The van der Waals surface area contributed by atoms with Crippen LogP contribution in [0.3, 0.4) is 0 Å². The Morgan fingerprint density at radius 2 is 1.50 bits per heavy atom. The van der Waals surface area contributed by atoms with Crippen molar-refractivity contribution >= 4 is 10.7 Å². The van der Waals surface area contributed by atoms with Crippen molar-refractivity contribution in [1.29, 1.82) is 0 Å². The van der Waals surface area contributed by atoms with Crippen molar-refractivity contribution in [3.05, 3.63) is 0 Å². The molecule has 0 radical (unpaired) electrons. The summed E-state index contributed by atoms with van der Waals surface area (Å²) in [5.41, 5.74) is 0. The molecule has 0 bridgehead atoms. The van der Waals surface area contributed by atoms with E-state index in [4.69, 9.17) is 9.90 Å². The summed E-state index contributed by atoms with van der Waals surface area (Å²) in [6.07, 6.45) is 0. The summed E-state index contributed by atoms with van der Waals surface area (Å²) in [5.74, 6) is -0.787. The Balaban J connectivity index is 0. The third-order valence-electron chi connectivity index (χ3n) is 0.418. The van der Waals surface area contributed by atoms with Crippen LogP contribution < -0.4 is 0 Å². The molecule has 4 heteroatoms. The molecule has 0 aromatic rings. The maximum absolute atomic E-state index is 9.98. The van der Waals surface area contributed by atoms with E-state index < -0.39 is 5.97 Å². The molecule has 0 fully saturated rings. The topological polar surface area (TPSA) is 54.4 Å². The monoisotopic (exact) mass is 189 g/mol. The van der Waals surface area contributed by atoms with E-state index in [1.807, 2.05) is 0 Å². The molecule has 0 spiro atoms. The van der Waals surface area contributed by atoms with Crippen molar-refractivity contribution in [1.82, 2.24) is 0 Å². The second kappa shape index (κ2) is 6.75. The first-order chi connectivity index (χ1) is 4.37. The standard InChI is InChI=1S/C4H7O.C2H4O2.Ni/c1-4(2)3-5;1-2(3)4;/h4H,1-2H3;1H3,(H,3,4);. The molecule has 0 aliphatic heterocycles. The van der Waals surface area contributed by atoms with E-state index in [1.165, 1.54) is 0 Å². The molecule has 0 saturated carbocycles. The summed E-state index contributed by atoms with van der Waals surface area (Å²) in [7, 11) is 0. The first kappa shape index (κ1) is 12.3. The second-order valence-corrected chi connectivity index (χ2v) is 2.43. The number of hydrogen-bond donors (Lipinski definition) is 1. The summed E-state index contributed by atoms with van der Waals surface area (Å²) in [4.78, 5) is 19.0. The van der Waals surface area contributed by atoms with Gasteiger partial charge in [-0.15, -0.1) is 0 Å². The van der Waals surface area contributed by atoms with E-state index in [-0.39, 0.29) is 10.7 Å². The number of carboxylic acid groups (broad SMARTS) is 1. The molecule has 0 saturated heterocycles. The van der Waals surface area contributed by atoms with Crippen molar-refractivity contribution in [2.45, 2.75) is 20.8 Å². The van der Waals surface area contributed by atoms with Gasteiger partial charge in [0.15, 0.2) is 0 Å². The molecule has 0 aliphatic rings. The number of carbonyl (C=O) groups excluding carboxylic acids is 1. The van der Waals surface area contributed by atoms with Crippen molar-refractivity contribution < 1.29 is 30.2 Å². The van der Waals surface area contributed by atoms with Crippen molar-refractivity contribution in [2.24, 2.45) is 5.92 Å². The molecule has 0 aromatic carbocycles. The first-order valence-electron chi connectivity index (χ1n) is 2.73. The quantitative estimate of drug-likeness (QED) is 0.622. The Labute approximate surface area is 68.2 Å². The van der Waals surface area contributed by atoms with E-state index in [0.29, 0.717) is 0 Å². The Hall–Kier alpha value is -0.366. The molecule has 10 heavy (non-hydrogen) atoms. The third kappa shape index (κ3) is 25.4. The summed E-state index contributed by atoms with van der Waals surface area (Å²) in [5, 5.41) is 7.42. The normalized spacial score (nSPS) is 8.20. The van der Waals surface area contributed by atoms with Crippen LogP contribution in [0.15, 0.2) is 0 Å². The van der Waals surface area contributed by atoms with Gasteiger partial charge in [-0.3, -0.25) is 4.79 Å². The number of aliphatic carboxylic acids is 1. The fraction of sp³-hybridized carbons (Fsp3) is 0.667. The summed E-state index contributed by atoms with van der Waals surface area (Å²) < 4.78 is -0.116. The Bertz CT molecular complexity index is 116. The van der Waals surface area contributed by atoms with Gasteiger partial charge >= 0.3 is 44.8 Å². The molecule has 1 N–H and O–H groups in total. The van der Waals surface area contributed by atoms with Crippen molar-refractivity contribution in [3.63, 3.8) is 0 Å². The van der Waals surface area contributed by atoms with Gasteiger partial charge in [-0.05, 0) is 0 Å². The predicted molar refractivity (Wildman–Crippen MR) is 33.2 cm³/mol. The van der Waals surface area contributed by atoms with Crippen LogP contribution in [0.4, 0.5) is 0 Å². The van der Waals surface area contributed by atoms with E-state index >= 15 is 0 Å². The van der Waals surface area contributed by atoms with E-state index in [0.717, 1.165) is 6.92 Å². The van der Waals surface area contributed by atoms with Crippen LogP contribution in [0.2, 0.25) is 0 Å². The van der Waals surface area contributed by atoms with Crippen molar-refractivity contribution in [2.75, 3.05) is 0 Å². The van der Waals surface area contributed by atoms with Gasteiger partial charge in [0, 0.05) is 6.92 Å². The zero-order chi connectivity index (χ0) is 8.73. The van der Waals surface area contributed by atoms with Crippen LogP contribution in [-0.4, -0.2) is 15.8 Å². The molecule has 3 nitrogen and oxygen atoms in total. The van der Waals surface area contributed by atoms with Crippen LogP contribution in [0.1, 0.15) is 20.8 Å². The van der Waals surface area contributed by atoms with Gasteiger partial charge in [0.1, 0.15) is 0 Å². The zero-order valence-electron chi connectivity index (χ0n) is 6.16. The van der Waals surface area contributed by atoms with E-state index in [2.05, 4.69) is 15.5 Å². The molecule has 0 heterocycles. The van der Waals surface area contributed by atoms with Crippen LogP contribution in [-0.2, 0) is 25.1 Å². The number of hydrogen-bond acceptors (Lipinski definition) is 2. The minimum absolute atomic E-state index is 0.0463. The summed E-state index contributed by atoms with van der Waals surface area (Å²) in [6, 6.07) is 0. The maximum atomic E-state index is 9.98. The Morgan fingerprint density at radius 1 is 1.40 bits per heavy atom. The average Bonchev–Trinajstić information content (AvgIpc) is 1.63. The third-order valence-corrected chi connectivity index (χ3v) is 0.988. The number of carbonyl (C=O) groups is 2. The second-order valence-electron chi connectivity index (χ2n) is 1.95. The SMILES string of the molecule is CC(=O)O.CC(C)[C](=O)[Ni]. The van der Waals surface area contributed by atoms with Crippen LogP contribution >= 0.6 is 0 Å². The molecule has 0 aliphatic carbocycles.